The molecule has 0 aliphatic heterocycles. The van der Waals surface area contributed by atoms with Gasteiger partial charge in [-0.1, -0.05) is 19.8 Å². The van der Waals surface area contributed by atoms with E-state index in [4.69, 9.17) is 4.42 Å². The standard InChI is InChI=1S/C16H20FNO2/c1-3-4-5-8-18-16(19)10-15-11(2)13-9-12(17)6-7-14(13)20-15/h6-7,9H,3-5,8,10H2,1-2H3,(H,18,19). The van der Waals surface area contributed by atoms with Gasteiger partial charge in [0.05, 0.1) is 6.42 Å². The molecule has 0 spiro atoms. The molecule has 0 atom stereocenters. The summed E-state index contributed by atoms with van der Waals surface area (Å²) in [5, 5.41) is 3.61. The van der Waals surface area contributed by atoms with E-state index in [9.17, 15) is 9.18 Å². The van der Waals surface area contributed by atoms with Crippen LogP contribution in [-0.4, -0.2) is 12.5 Å². The molecule has 3 nitrogen and oxygen atoms in total. The van der Waals surface area contributed by atoms with Gasteiger partial charge in [0.2, 0.25) is 5.91 Å². The number of hydrogen-bond acceptors (Lipinski definition) is 2. The van der Waals surface area contributed by atoms with Crippen LogP contribution in [0.3, 0.4) is 0 Å². The number of fused-ring (bicyclic) bond motifs is 1. The van der Waals surface area contributed by atoms with E-state index in [0.29, 0.717) is 17.9 Å². The van der Waals surface area contributed by atoms with Gasteiger partial charge in [0.25, 0.3) is 0 Å². The van der Waals surface area contributed by atoms with Crippen molar-refractivity contribution in [2.45, 2.75) is 39.5 Å². The summed E-state index contributed by atoms with van der Waals surface area (Å²) >= 11 is 0. The first-order chi connectivity index (χ1) is 9.61. The van der Waals surface area contributed by atoms with Gasteiger partial charge in [-0.15, -0.1) is 0 Å². The Morgan fingerprint density at radius 3 is 2.90 bits per heavy atom. The van der Waals surface area contributed by atoms with Crippen LogP contribution in [0.1, 0.15) is 37.5 Å². The lowest BCUT2D eigenvalue weighted by Gasteiger charge is -2.03. The largest absolute Gasteiger partial charge is 0.460 e. The third-order valence-corrected chi connectivity index (χ3v) is 3.42. The van der Waals surface area contributed by atoms with Crippen LogP contribution in [0.5, 0.6) is 0 Å². The van der Waals surface area contributed by atoms with Gasteiger partial charge in [0, 0.05) is 11.9 Å². The lowest BCUT2D eigenvalue weighted by molar-refractivity contribution is -0.120. The Kier molecular flexibility index (Phi) is 4.77. The molecule has 20 heavy (non-hydrogen) atoms. The van der Waals surface area contributed by atoms with E-state index in [1.165, 1.54) is 12.1 Å². The number of carbonyl (C=O) groups is 1. The van der Waals surface area contributed by atoms with Crippen molar-refractivity contribution < 1.29 is 13.6 Å². The van der Waals surface area contributed by atoms with Crippen LogP contribution in [-0.2, 0) is 11.2 Å². The molecule has 1 amide bonds. The summed E-state index contributed by atoms with van der Waals surface area (Å²) in [6, 6.07) is 4.40. The normalized spacial score (nSPS) is 10.9. The Labute approximate surface area is 118 Å². The number of unbranched alkanes of at least 4 members (excludes halogenated alkanes) is 2. The number of rotatable bonds is 6. The summed E-state index contributed by atoms with van der Waals surface area (Å²) in [5.41, 5.74) is 1.46. The fourth-order valence-corrected chi connectivity index (χ4v) is 2.22. The van der Waals surface area contributed by atoms with E-state index in [-0.39, 0.29) is 18.1 Å². The average Bonchev–Trinajstić information content (AvgIpc) is 2.72. The first-order valence-electron chi connectivity index (χ1n) is 7.06. The molecule has 2 rings (SSSR count). The Bertz CT molecular complexity index is 604. The molecule has 0 aliphatic carbocycles. The molecular formula is C16H20FNO2. The van der Waals surface area contributed by atoms with Crippen molar-refractivity contribution in [2.24, 2.45) is 0 Å². The number of amides is 1. The summed E-state index contributed by atoms with van der Waals surface area (Å²) in [5.74, 6) is 0.263. The maximum atomic E-state index is 13.2. The summed E-state index contributed by atoms with van der Waals surface area (Å²) < 4.78 is 18.8. The quantitative estimate of drug-likeness (QED) is 0.817. The Balaban J connectivity index is 2.02. The molecule has 1 N–H and O–H groups in total. The Morgan fingerprint density at radius 1 is 1.35 bits per heavy atom. The molecule has 0 bridgehead atoms. The molecular weight excluding hydrogens is 257 g/mol. The topological polar surface area (TPSA) is 42.2 Å². The van der Waals surface area contributed by atoms with Gasteiger partial charge in [0.15, 0.2) is 0 Å². The molecule has 1 aromatic carbocycles. The summed E-state index contributed by atoms with van der Waals surface area (Å²) in [4.78, 5) is 11.8. The second kappa shape index (κ2) is 6.55. The third-order valence-electron chi connectivity index (χ3n) is 3.42. The number of benzene rings is 1. The second-order valence-corrected chi connectivity index (χ2v) is 5.02. The number of halogens is 1. The maximum absolute atomic E-state index is 13.2. The number of furan rings is 1. The highest BCUT2D eigenvalue weighted by molar-refractivity contribution is 5.85. The highest BCUT2D eigenvalue weighted by Gasteiger charge is 2.14. The lowest BCUT2D eigenvalue weighted by atomic mass is 10.1. The molecule has 0 radical (unpaired) electrons. The average molecular weight is 277 g/mol. The van der Waals surface area contributed by atoms with Gasteiger partial charge in [0.1, 0.15) is 17.2 Å². The van der Waals surface area contributed by atoms with Gasteiger partial charge in [-0.2, -0.15) is 0 Å². The van der Waals surface area contributed by atoms with Crippen molar-refractivity contribution in [1.29, 1.82) is 0 Å². The molecule has 0 saturated heterocycles. The van der Waals surface area contributed by atoms with Crippen molar-refractivity contribution in [2.75, 3.05) is 6.54 Å². The van der Waals surface area contributed by atoms with Crippen LogP contribution in [0.15, 0.2) is 22.6 Å². The van der Waals surface area contributed by atoms with Crippen LogP contribution in [0.4, 0.5) is 4.39 Å². The zero-order valence-electron chi connectivity index (χ0n) is 12.0. The molecule has 0 fully saturated rings. The number of nitrogens with one attached hydrogen (secondary N) is 1. The lowest BCUT2D eigenvalue weighted by Crippen LogP contribution is -2.26. The minimum atomic E-state index is -0.294. The second-order valence-electron chi connectivity index (χ2n) is 5.02. The van der Waals surface area contributed by atoms with Crippen molar-refractivity contribution in [3.05, 3.63) is 35.3 Å². The molecule has 108 valence electrons. The van der Waals surface area contributed by atoms with Crippen LogP contribution >= 0.6 is 0 Å². The number of carbonyl (C=O) groups excluding carboxylic acids is 1. The van der Waals surface area contributed by atoms with E-state index in [0.717, 1.165) is 30.2 Å². The van der Waals surface area contributed by atoms with E-state index >= 15 is 0 Å². The Morgan fingerprint density at radius 2 is 2.15 bits per heavy atom. The predicted molar refractivity (Wildman–Crippen MR) is 77.1 cm³/mol. The van der Waals surface area contributed by atoms with E-state index in [1.807, 2.05) is 6.92 Å². The van der Waals surface area contributed by atoms with E-state index in [1.54, 1.807) is 6.07 Å². The number of aryl methyl sites for hydroxylation is 1. The molecule has 0 saturated carbocycles. The first-order valence-corrected chi connectivity index (χ1v) is 7.06. The van der Waals surface area contributed by atoms with Crippen molar-refractivity contribution in [3.8, 4) is 0 Å². The molecule has 1 heterocycles. The van der Waals surface area contributed by atoms with Crippen molar-refractivity contribution in [1.82, 2.24) is 5.32 Å². The third kappa shape index (κ3) is 3.38. The van der Waals surface area contributed by atoms with Crippen LogP contribution < -0.4 is 5.32 Å². The smallest absolute Gasteiger partial charge is 0.227 e. The maximum Gasteiger partial charge on any atom is 0.227 e. The summed E-state index contributed by atoms with van der Waals surface area (Å²) in [6.45, 7) is 4.67. The van der Waals surface area contributed by atoms with Gasteiger partial charge >= 0.3 is 0 Å². The molecule has 1 aromatic heterocycles. The SMILES string of the molecule is CCCCCNC(=O)Cc1oc2ccc(F)cc2c1C. The summed E-state index contributed by atoms with van der Waals surface area (Å²) in [6.07, 6.45) is 3.44. The molecule has 4 heteroatoms. The minimum Gasteiger partial charge on any atom is -0.460 e. The fraction of sp³-hybridized carbons (Fsp3) is 0.438. The van der Waals surface area contributed by atoms with Gasteiger partial charge in [-0.05, 0) is 37.1 Å². The molecule has 0 unspecified atom stereocenters. The van der Waals surface area contributed by atoms with Crippen LogP contribution in [0.2, 0.25) is 0 Å². The highest BCUT2D eigenvalue weighted by Crippen LogP contribution is 2.26. The highest BCUT2D eigenvalue weighted by atomic mass is 19.1. The summed E-state index contributed by atoms with van der Waals surface area (Å²) in [7, 11) is 0. The van der Waals surface area contributed by atoms with E-state index in [2.05, 4.69) is 12.2 Å². The Hall–Kier alpha value is -1.84. The van der Waals surface area contributed by atoms with Crippen molar-refractivity contribution >= 4 is 16.9 Å². The zero-order chi connectivity index (χ0) is 14.5. The zero-order valence-corrected chi connectivity index (χ0v) is 12.0. The van der Waals surface area contributed by atoms with Crippen molar-refractivity contribution in [3.63, 3.8) is 0 Å². The number of hydrogen-bond donors (Lipinski definition) is 1. The first kappa shape index (κ1) is 14.6. The van der Waals surface area contributed by atoms with Gasteiger partial charge in [-0.25, -0.2) is 4.39 Å². The molecule has 2 aromatic rings. The monoisotopic (exact) mass is 277 g/mol. The van der Waals surface area contributed by atoms with E-state index < -0.39 is 0 Å². The van der Waals surface area contributed by atoms with Gasteiger partial charge < -0.3 is 9.73 Å². The van der Waals surface area contributed by atoms with Crippen LogP contribution in [0, 0.1) is 12.7 Å². The molecule has 0 aliphatic rings. The van der Waals surface area contributed by atoms with Gasteiger partial charge in [-0.3, -0.25) is 4.79 Å². The fourth-order valence-electron chi connectivity index (χ4n) is 2.22. The van der Waals surface area contributed by atoms with Crippen LogP contribution in [0.25, 0.3) is 11.0 Å². The predicted octanol–water partition coefficient (Wildman–Crippen LogP) is 3.73. The minimum absolute atomic E-state index is 0.0521.